The van der Waals surface area contributed by atoms with Gasteiger partial charge >= 0.3 is 0 Å². The Kier molecular flexibility index (Phi) is 5.33. The lowest BCUT2D eigenvalue weighted by Gasteiger charge is -2.25. The number of amides is 1. The van der Waals surface area contributed by atoms with Gasteiger partial charge in [-0.3, -0.25) is 9.78 Å². The van der Waals surface area contributed by atoms with Crippen molar-refractivity contribution >= 4 is 5.91 Å². The molecule has 1 amide bonds. The average Bonchev–Trinajstić information content (AvgIpc) is 2.44. The van der Waals surface area contributed by atoms with Crippen LogP contribution in [0.4, 0.5) is 0 Å². The maximum Gasteiger partial charge on any atom is 0.220 e. The molecule has 2 unspecified atom stereocenters. The number of nitrogens with one attached hydrogen (secondary N) is 1. The maximum atomic E-state index is 11.8. The van der Waals surface area contributed by atoms with Gasteiger partial charge in [-0.2, -0.15) is 0 Å². The van der Waals surface area contributed by atoms with Crippen molar-refractivity contribution in [3.63, 3.8) is 0 Å². The summed E-state index contributed by atoms with van der Waals surface area (Å²) >= 11 is 0. The van der Waals surface area contributed by atoms with Crippen LogP contribution in [-0.2, 0) is 11.2 Å². The Balaban J connectivity index is 1.64. The Labute approximate surface area is 114 Å². The first kappa shape index (κ1) is 14.0. The van der Waals surface area contributed by atoms with Crippen LogP contribution in [0.25, 0.3) is 0 Å². The molecule has 19 heavy (non-hydrogen) atoms. The molecule has 104 valence electrons. The van der Waals surface area contributed by atoms with Crippen LogP contribution in [0.1, 0.15) is 37.7 Å². The average molecular weight is 262 g/mol. The highest BCUT2D eigenvalue weighted by Crippen LogP contribution is 2.23. The van der Waals surface area contributed by atoms with Crippen molar-refractivity contribution in [2.45, 2.75) is 44.6 Å². The van der Waals surface area contributed by atoms with Gasteiger partial charge in [-0.1, -0.05) is 6.42 Å². The minimum Gasteiger partial charge on any atom is -0.393 e. The molecule has 0 aromatic carbocycles. The molecule has 1 saturated carbocycles. The first-order valence-electron chi connectivity index (χ1n) is 7.07. The number of aryl methyl sites for hydroxylation is 1. The Hall–Kier alpha value is -1.42. The van der Waals surface area contributed by atoms with E-state index < -0.39 is 0 Å². The summed E-state index contributed by atoms with van der Waals surface area (Å²) in [6, 6.07) is 3.87. The van der Waals surface area contributed by atoms with Crippen LogP contribution >= 0.6 is 0 Å². The summed E-state index contributed by atoms with van der Waals surface area (Å²) in [6.07, 6.45) is 8.50. The highest BCUT2D eigenvalue weighted by molar-refractivity contribution is 5.76. The third-order valence-corrected chi connectivity index (χ3v) is 3.73. The van der Waals surface area contributed by atoms with Crippen LogP contribution in [0.2, 0.25) is 0 Å². The van der Waals surface area contributed by atoms with Crippen molar-refractivity contribution in [3.05, 3.63) is 30.1 Å². The van der Waals surface area contributed by atoms with E-state index in [-0.39, 0.29) is 12.0 Å². The molecule has 0 radical (unpaired) electrons. The highest BCUT2D eigenvalue weighted by atomic mass is 16.3. The van der Waals surface area contributed by atoms with Gasteiger partial charge in [0.2, 0.25) is 5.91 Å². The molecule has 2 atom stereocenters. The van der Waals surface area contributed by atoms with Crippen molar-refractivity contribution in [3.8, 4) is 0 Å². The fraction of sp³-hybridized carbons (Fsp3) is 0.600. The third kappa shape index (κ3) is 4.99. The number of aromatic nitrogens is 1. The van der Waals surface area contributed by atoms with Crippen molar-refractivity contribution in [1.82, 2.24) is 10.3 Å². The second kappa shape index (κ2) is 7.24. The predicted octanol–water partition coefficient (Wildman–Crippen LogP) is 1.68. The minimum atomic E-state index is -0.174. The van der Waals surface area contributed by atoms with E-state index in [0.717, 1.165) is 37.7 Å². The SMILES string of the molecule is O=C(CCc1ccncc1)NCC1CCCC(O)C1. The van der Waals surface area contributed by atoms with Crippen molar-refractivity contribution in [1.29, 1.82) is 0 Å². The molecule has 0 saturated heterocycles. The van der Waals surface area contributed by atoms with Crippen LogP contribution in [0.3, 0.4) is 0 Å². The second-order valence-electron chi connectivity index (χ2n) is 5.35. The van der Waals surface area contributed by atoms with Crippen molar-refractivity contribution in [2.24, 2.45) is 5.92 Å². The summed E-state index contributed by atoms with van der Waals surface area (Å²) in [5.41, 5.74) is 1.14. The van der Waals surface area contributed by atoms with Crippen LogP contribution in [0.5, 0.6) is 0 Å². The quantitative estimate of drug-likeness (QED) is 0.848. The number of nitrogens with zero attached hydrogens (tertiary/aromatic N) is 1. The first-order chi connectivity index (χ1) is 9.24. The Morgan fingerprint density at radius 3 is 2.89 bits per heavy atom. The summed E-state index contributed by atoms with van der Waals surface area (Å²) in [5.74, 6) is 0.533. The molecule has 4 heteroatoms. The molecule has 0 spiro atoms. The molecule has 0 aliphatic heterocycles. The fourth-order valence-corrected chi connectivity index (χ4v) is 2.60. The van der Waals surface area contributed by atoms with Crippen LogP contribution in [-0.4, -0.2) is 28.6 Å². The van der Waals surface area contributed by atoms with E-state index in [1.165, 1.54) is 0 Å². The van der Waals surface area contributed by atoms with E-state index in [1.807, 2.05) is 12.1 Å². The largest absolute Gasteiger partial charge is 0.393 e. The minimum absolute atomic E-state index is 0.0943. The molecule has 2 N–H and O–H groups in total. The zero-order valence-corrected chi connectivity index (χ0v) is 11.2. The van der Waals surface area contributed by atoms with Crippen LogP contribution < -0.4 is 5.32 Å². The number of aliphatic hydroxyl groups is 1. The van der Waals surface area contributed by atoms with Crippen LogP contribution in [0, 0.1) is 5.92 Å². The number of hydrogen-bond acceptors (Lipinski definition) is 3. The molecule has 1 aliphatic carbocycles. The van der Waals surface area contributed by atoms with Gasteiger partial charge in [-0.05, 0) is 49.3 Å². The molecule has 1 fully saturated rings. The number of rotatable bonds is 5. The van der Waals surface area contributed by atoms with Gasteiger partial charge in [-0.15, -0.1) is 0 Å². The van der Waals surface area contributed by atoms with E-state index in [0.29, 0.717) is 18.9 Å². The topological polar surface area (TPSA) is 62.2 Å². The summed E-state index contributed by atoms with van der Waals surface area (Å²) in [7, 11) is 0. The van der Waals surface area contributed by atoms with Gasteiger partial charge in [0.15, 0.2) is 0 Å². The number of aliphatic hydroxyl groups excluding tert-OH is 1. The summed E-state index contributed by atoms with van der Waals surface area (Å²) in [4.78, 5) is 15.7. The first-order valence-corrected chi connectivity index (χ1v) is 7.07. The molecule has 0 bridgehead atoms. The summed E-state index contributed by atoms with van der Waals surface area (Å²) in [6.45, 7) is 0.701. The number of pyridine rings is 1. The lowest BCUT2D eigenvalue weighted by molar-refractivity contribution is -0.121. The highest BCUT2D eigenvalue weighted by Gasteiger charge is 2.20. The lowest BCUT2D eigenvalue weighted by atomic mass is 9.87. The smallest absolute Gasteiger partial charge is 0.220 e. The van der Waals surface area contributed by atoms with E-state index in [1.54, 1.807) is 12.4 Å². The Morgan fingerprint density at radius 1 is 1.37 bits per heavy atom. The number of carbonyl (C=O) groups excluding carboxylic acids is 1. The Morgan fingerprint density at radius 2 is 2.16 bits per heavy atom. The summed E-state index contributed by atoms with van der Waals surface area (Å²) < 4.78 is 0. The van der Waals surface area contributed by atoms with E-state index in [2.05, 4.69) is 10.3 Å². The van der Waals surface area contributed by atoms with E-state index in [4.69, 9.17) is 0 Å². The van der Waals surface area contributed by atoms with Crippen molar-refractivity contribution < 1.29 is 9.90 Å². The van der Waals surface area contributed by atoms with Gasteiger partial charge in [0.05, 0.1) is 6.10 Å². The maximum absolute atomic E-state index is 11.8. The molecule has 1 aromatic rings. The normalized spacial score (nSPS) is 23.0. The van der Waals surface area contributed by atoms with Gasteiger partial charge < -0.3 is 10.4 Å². The second-order valence-corrected chi connectivity index (χ2v) is 5.35. The van der Waals surface area contributed by atoms with Gasteiger partial charge in [-0.25, -0.2) is 0 Å². The van der Waals surface area contributed by atoms with Gasteiger partial charge in [0, 0.05) is 25.4 Å². The molecule has 1 heterocycles. The van der Waals surface area contributed by atoms with Gasteiger partial charge in [0.1, 0.15) is 0 Å². The van der Waals surface area contributed by atoms with Crippen molar-refractivity contribution in [2.75, 3.05) is 6.54 Å². The summed E-state index contributed by atoms with van der Waals surface area (Å²) in [5, 5.41) is 12.6. The predicted molar refractivity (Wildman–Crippen MR) is 73.5 cm³/mol. The molecule has 2 rings (SSSR count). The standard InChI is InChI=1S/C15H22N2O2/c18-14-3-1-2-13(10-14)11-17-15(19)5-4-12-6-8-16-9-7-12/h6-9,13-14,18H,1-5,10-11H2,(H,17,19). The fourth-order valence-electron chi connectivity index (χ4n) is 2.60. The van der Waals surface area contributed by atoms with Crippen LogP contribution in [0.15, 0.2) is 24.5 Å². The zero-order chi connectivity index (χ0) is 13.5. The molecule has 1 aromatic heterocycles. The lowest BCUT2D eigenvalue weighted by Crippen LogP contribution is -2.33. The third-order valence-electron chi connectivity index (χ3n) is 3.73. The molecular weight excluding hydrogens is 240 g/mol. The molecule has 1 aliphatic rings. The zero-order valence-electron chi connectivity index (χ0n) is 11.2. The molecule has 4 nitrogen and oxygen atoms in total. The monoisotopic (exact) mass is 262 g/mol. The van der Waals surface area contributed by atoms with E-state index in [9.17, 15) is 9.90 Å². The molecular formula is C15H22N2O2. The Bertz CT molecular complexity index is 394. The van der Waals surface area contributed by atoms with E-state index >= 15 is 0 Å². The number of hydrogen-bond donors (Lipinski definition) is 2. The van der Waals surface area contributed by atoms with Gasteiger partial charge in [0.25, 0.3) is 0 Å². The number of carbonyl (C=O) groups is 1.